The average Bonchev–Trinajstić information content (AvgIpc) is 3.35. The molecule has 0 atom stereocenters. The number of halogens is 1. The van der Waals surface area contributed by atoms with Gasteiger partial charge in [0.1, 0.15) is 5.69 Å². The Morgan fingerprint density at radius 2 is 1.54 bits per heavy atom. The number of nitro benzene ring substituents is 1. The number of aromatic nitrogens is 2. The van der Waals surface area contributed by atoms with Crippen molar-refractivity contribution in [2.24, 2.45) is 0 Å². The molecule has 5 rings (SSSR count). The summed E-state index contributed by atoms with van der Waals surface area (Å²) < 4.78 is 1.56. The number of nitrogens with zero attached hydrogens (tertiary/aromatic N) is 5. The molecule has 35 heavy (non-hydrogen) atoms. The number of para-hydroxylation sites is 1. The van der Waals surface area contributed by atoms with Gasteiger partial charge in [0.05, 0.1) is 27.0 Å². The summed E-state index contributed by atoms with van der Waals surface area (Å²) in [6.45, 7) is 2.39. The third-order valence-electron chi connectivity index (χ3n) is 6.06. The van der Waals surface area contributed by atoms with Gasteiger partial charge in [0.25, 0.3) is 11.6 Å². The molecule has 4 aromatic rings. The zero-order valence-corrected chi connectivity index (χ0v) is 19.5. The number of nitro groups is 1. The van der Waals surface area contributed by atoms with Gasteiger partial charge >= 0.3 is 0 Å². The topological polar surface area (TPSA) is 84.5 Å². The molecular weight excluding hydrogens is 466 g/mol. The van der Waals surface area contributed by atoms with Crippen LogP contribution in [-0.4, -0.2) is 51.7 Å². The summed E-state index contributed by atoms with van der Waals surface area (Å²) >= 11 is 6.36. The first kappa shape index (κ1) is 22.6. The van der Waals surface area contributed by atoms with Crippen LogP contribution in [0.3, 0.4) is 0 Å². The van der Waals surface area contributed by atoms with Crippen LogP contribution in [0.1, 0.15) is 10.5 Å². The number of hydrogen-bond donors (Lipinski definition) is 0. The number of benzene rings is 3. The highest BCUT2D eigenvalue weighted by molar-refractivity contribution is 6.33. The van der Waals surface area contributed by atoms with Gasteiger partial charge in [-0.3, -0.25) is 14.9 Å². The fraction of sp³-hybridized carbons (Fsp3) is 0.154. The van der Waals surface area contributed by atoms with Crippen molar-refractivity contribution in [3.8, 4) is 16.9 Å². The number of hydrogen-bond acceptors (Lipinski definition) is 5. The SMILES string of the molecule is O=C(c1cc(-c2ccccc2)nn1-c1ccc([N+](=O)[O-])cc1)N1CCN(c2ccccc2Cl)CC1. The molecule has 8 nitrogen and oxygen atoms in total. The van der Waals surface area contributed by atoms with Crippen LogP contribution in [0, 0.1) is 10.1 Å². The summed E-state index contributed by atoms with van der Waals surface area (Å²) in [5.41, 5.74) is 3.46. The lowest BCUT2D eigenvalue weighted by Gasteiger charge is -2.36. The molecule has 0 unspecified atom stereocenters. The summed E-state index contributed by atoms with van der Waals surface area (Å²) in [6.07, 6.45) is 0. The van der Waals surface area contributed by atoms with Gasteiger partial charge in [0.15, 0.2) is 0 Å². The van der Waals surface area contributed by atoms with Gasteiger partial charge in [-0.05, 0) is 30.3 Å². The van der Waals surface area contributed by atoms with Gasteiger partial charge in [0.2, 0.25) is 0 Å². The maximum absolute atomic E-state index is 13.6. The van der Waals surface area contributed by atoms with E-state index in [4.69, 9.17) is 11.6 Å². The molecule has 1 fully saturated rings. The quantitative estimate of drug-likeness (QED) is 0.290. The Hall–Kier alpha value is -4.17. The first-order chi connectivity index (χ1) is 17.0. The summed E-state index contributed by atoms with van der Waals surface area (Å²) in [6, 6.07) is 25.1. The van der Waals surface area contributed by atoms with E-state index >= 15 is 0 Å². The second-order valence-corrected chi connectivity index (χ2v) is 8.60. The molecule has 2 heterocycles. The van der Waals surface area contributed by atoms with Gasteiger partial charge in [-0.15, -0.1) is 0 Å². The highest BCUT2D eigenvalue weighted by Crippen LogP contribution is 2.27. The van der Waals surface area contributed by atoms with Gasteiger partial charge < -0.3 is 9.80 Å². The molecular formula is C26H22ClN5O3. The van der Waals surface area contributed by atoms with E-state index < -0.39 is 4.92 Å². The number of carbonyl (C=O) groups is 1. The van der Waals surface area contributed by atoms with Crippen molar-refractivity contribution in [2.75, 3.05) is 31.1 Å². The highest BCUT2D eigenvalue weighted by atomic mass is 35.5. The number of non-ortho nitro benzene ring substituents is 1. The van der Waals surface area contributed by atoms with E-state index in [1.54, 1.807) is 27.8 Å². The molecule has 0 spiro atoms. The van der Waals surface area contributed by atoms with Crippen LogP contribution in [0.25, 0.3) is 16.9 Å². The Labute approximate surface area is 207 Å². The van der Waals surface area contributed by atoms with Crippen LogP contribution in [0.2, 0.25) is 5.02 Å². The molecule has 1 amide bonds. The summed E-state index contributed by atoms with van der Waals surface area (Å²) in [7, 11) is 0. The fourth-order valence-electron chi connectivity index (χ4n) is 4.22. The number of carbonyl (C=O) groups excluding carboxylic acids is 1. The van der Waals surface area contributed by atoms with Gasteiger partial charge in [-0.2, -0.15) is 5.10 Å². The molecule has 0 N–H and O–H groups in total. The van der Waals surface area contributed by atoms with Crippen LogP contribution in [-0.2, 0) is 0 Å². The van der Waals surface area contributed by atoms with Crippen LogP contribution >= 0.6 is 11.6 Å². The standard InChI is InChI=1S/C26H22ClN5O3/c27-22-8-4-5-9-24(22)29-14-16-30(17-15-29)26(33)25-18-23(19-6-2-1-3-7-19)28-31(25)20-10-12-21(13-11-20)32(34)35/h1-13,18H,14-17H2. The predicted molar refractivity (Wildman–Crippen MR) is 135 cm³/mol. The van der Waals surface area contributed by atoms with Crippen molar-refractivity contribution in [1.29, 1.82) is 0 Å². The zero-order valence-electron chi connectivity index (χ0n) is 18.8. The Balaban J connectivity index is 1.44. The second kappa shape index (κ2) is 9.60. The predicted octanol–water partition coefficient (Wildman–Crippen LogP) is 5.06. The van der Waals surface area contributed by atoms with Gasteiger partial charge in [0, 0.05) is 43.9 Å². The highest BCUT2D eigenvalue weighted by Gasteiger charge is 2.27. The lowest BCUT2D eigenvalue weighted by atomic mass is 10.1. The molecule has 0 bridgehead atoms. The number of piperazine rings is 1. The lowest BCUT2D eigenvalue weighted by Crippen LogP contribution is -2.49. The van der Waals surface area contributed by atoms with Crippen LogP contribution < -0.4 is 4.90 Å². The third kappa shape index (κ3) is 4.61. The van der Waals surface area contributed by atoms with Crippen molar-refractivity contribution >= 4 is 28.9 Å². The Kier molecular flexibility index (Phi) is 6.20. The molecule has 3 aromatic carbocycles. The van der Waals surface area contributed by atoms with Crippen LogP contribution in [0.15, 0.2) is 84.9 Å². The van der Waals surface area contributed by atoms with Crippen molar-refractivity contribution in [3.63, 3.8) is 0 Å². The monoisotopic (exact) mass is 487 g/mol. The molecule has 176 valence electrons. The number of anilines is 1. The van der Waals surface area contributed by atoms with Crippen molar-refractivity contribution in [1.82, 2.24) is 14.7 Å². The van der Waals surface area contributed by atoms with E-state index in [1.165, 1.54) is 12.1 Å². The smallest absolute Gasteiger partial charge is 0.272 e. The number of rotatable bonds is 5. The zero-order chi connectivity index (χ0) is 24.4. The minimum absolute atomic E-state index is 0.0206. The summed E-state index contributed by atoms with van der Waals surface area (Å²) in [5, 5.41) is 16.5. The third-order valence-corrected chi connectivity index (χ3v) is 6.38. The van der Waals surface area contributed by atoms with E-state index in [2.05, 4.69) is 10.00 Å². The minimum atomic E-state index is -0.452. The molecule has 0 aliphatic carbocycles. The van der Waals surface area contributed by atoms with Gasteiger partial charge in [-0.1, -0.05) is 54.1 Å². The van der Waals surface area contributed by atoms with Crippen LogP contribution in [0.4, 0.5) is 11.4 Å². The van der Waals surface area contributed by atoms with Crippen molar-refractivity contribution in [2.45, 2.75) is 0 Å². The maximum Gasteiger partial charge on any atom is 0.272 e. The molecule has 1 saturated heterocycles. The lowest BCUT2D eigenvalue weighted by molar-refractivity contribution is -0.384. The Bertz CT molecular complexity index is 1360. The molecule has 1 aromatic heterocycles. The molecule has 1 aliphatic rings. The normalized spacial score (nSPS) is 13.6. The summed E-state index contributed by atoms with van der Waals surface area (Å²) in [5.74, 6) is -0.142. The van der Waals surface area contributed by atoms with Crippen molar-refractivity contribution < 1.29 is 9.72 Å². The molecule has 0 radical (unpaired) electrons. The van der Waals surface area contributed by atoms with E-state index in [0.717, 1.165) is 11.3 Å². The largest absolute Gasteiger partial charge is 0.367 e. The Morgan fingerprint density at radius 1 is 0.886 bits per heavy atom. The van der Waals surface area contributed by atoms with E-state index in [0.29, 0.717) is 48.3 Å². The maximum atomic E-state index is 13.6. The first-order valence-electron chi connectivity index (χ1n) is 11.2. The molecule has 9 heteroatoms. The van der Waals surface area contributed by atoms with E-state index in [9.17, 15) is 14.9 Å². The second-order valence-electron chi connectivity index (χ2n) is 8.20. The first-order valence-corrected chi connectivity index (χ1v) is 11.6. The van der Waals surface area contributed by atoms with Crippen molar-refractivity contribution in [3.05, 3.63) is 106 Å². The molecule has 1 aliphatic heterocycles. The summed E-state index contributed by atoms with van der Waals surface area (Å²) in [4.78, 5) is 28.2. The van der Waals surface area contributed by atoms with E-state index in [-0.39, 0.29) is 11.6 Å². The number of amides is 1. The minimum Gasteiger partial charge on any atom is -0.367 e. The van der Waals surface area contributed by atoms with E-state index in [1.807, 2.05) is 54.6 Å². The van der Waals surface area contributed by atoms with Gasteiger partial charge in [-0.25, -0.2) is 4.68 Å². The average molecular weight is 488 g/mol. The fourth-order valence-corrected chi connectivity index (χ4v) is 4.47. The molecule has 0 saturated carbocycles. The Morgan fingerprint density at radius 3 is 2.20 bits per heavy atom. The van der Waals surface area contributed by atoms with Crippen LogP contribution in [0.5, 0.6) is 0 Å².